The lowest BCUT2D eigenvalue weighted by Gasteiger charge is -2.20. The van der Waals surface area contributed by atoms with Gasteiger partial charge in [-0.25, -0.2) is 0 Å². The Kier molecular flexibility index (Phi) is 25.7. The summed E-state index contributed by atoms with van der Waals surface area (Å²) in [4.78, 5) is 26.3. The Balaban J connectivity index is 4.25. The minimum Gasteiger partial charge on any atom is -0.461 e. The lowest BCUT2D eigenvalue weighted by molar-refractivity contribution is -0.152. The Morgan fingerprint density at radius 2 is 1.11 bits per heavy atom. The van der Waals surface area contributed by atoms with Gasteiger partial charge in [0.25, 0.3) is 0 Å². The van der Waals surface area contributed by atoms with Crippen LogP contribution in [0.1, 0.15) is 143 Å². The van der Waals surface area contributed by atoms with Crippen molar-refractivity contribution in [2.24, 2.45) is 0 Å². The molecule has 36 heavy (non-hydrogen) atoms. The summed E-state index contributed by atoms with van der Waals surface area (Å²) in [5, 5.41) is 0. The maximum absolute atomic E-state index is 12.6. The first-order valence-corrected chi connectivity index (χ1v) is 15.2. The van der Waals surface area contributed by atoms with Gasteiger partial charge in [0.05, 0.1) is 13.1 Å². The lowest BCUT2D eigenvalue weighted by Crippen LogP contribution is -2.34. The van der Waals surface area contributed by atoms with Crippen molar-refractivity contribution in [1.29, 1.82) is 0 Å². The first-order chi connectivity index (χ1) is 17.5. The second-order valence-corrected chi connectivity index (χ2v) is 10.4. The van der Waals surface area contributed by atoms with E-state index in [1.807, 2.05) is 6.08 Å². The number of carbonyl (C=O) groups is 2. The van der Waals surface area contributed by atoms with Crippen LogP contribution < -0.4 is 0 Å². The molecule has 212 valence electrons. The van der Waals surface area contributed by atoms with Crippen LogP contribution in [0.2, 0.25) is 0 Å². The Bertz CT molecular complexity index is 519. The number of likely N-dealkylation sites (N-methyl/N-ethyl adjacent to an activating group) is 1. The van der Waals surface area contributed by atoms with E-state index < -0.39 is 0 Å². The predicted molar refractivity (Wildman–Crippen MR) is 152 cm³/mol. The Morgan fingerprint density at radius 3 is 1.67 bits per heavy atom. The molecular formula is C31H59NO4. The molecule has 5 heteroatoms. The maximum atomic E-state index is 12.6. The highest BCUT2D eigenvalue weighted by atomic mass is 16.5. The fourth-order valence-corrected chi connectivity index (χ4v) is 4.35. The zero-order valence-electron chi connectivity index (χ0n) is 24.4. The molecule has 0 aromatic carbocycles. The molecule has 0 saturated carbocycles. The number of ether oxygens (including phenoxy) is 2. The van der Waals surface area contributed by atoms with Crippen molar-refractivity contribution in [3.8, 4) is 0 Å². The maximum Gasteiger partial charge on any atom is 0.320 e. The molecule has 0 heterocycles. The molecule has 0 radical (unpaired) electrons. The van der Waals surface area contributed by atoms with Gasteiger partial charge in [-0.05, 0) is 45.6 Å². The van der Waals surface area contributed by atoms with Gasteiger partial charge < -0.3 is 9.47 Å². The third-order valence-corrected chi connectivity index (χ3v) is 6.59. The van der Waals surface area contributed by atoms with Gasteiger partial charge in [-0.15, -0.1) is 0 Å². The molecule has 0 amide bonds. The highest BCUT2D eigenvalue weighted by Crippen LogP contribution is 2.17. The third kappa shape index (κ3) is 24.3. The lowest BCUT2D eigenvalue weighted by atomic mass is 10.0. The molecule has 0 saturated heterocycles. The molecule has 0 N–H and O–H groups in total. The zero-order chi connectivity index (χ0) is 26.7. The molecule has 0 bridgehead atoms. The second kappa shape index (κ2) is 26.7. The van der Waals surface area contributed by atoms with E-state index in [0.717, 1.165) is 32.1 Å². The Labute approximate surface area is 223 Å². The number of esters is 2. The summed E-state index contributed by atoms with van der Waals surface area (Å²) in [6, 6.07) is 0. The standard InChI is InChI=1S/C31H59NO4/c1-5-8-11-14-17-20-23-26-35-30(33)27-32(4)28-31(34)36-29(24-21-18-15-12-9-6-2)25-22-19-16-13-10-7-3/h20,23,29H,5-19,21-22,24-28H2,1-4H3/b23-20-. The molecule has 0 aromatic rings. The molecular weight excluding hydrogens is 450 g/mol. The van der Waals surface area contributed by atoms with Crippen molar-refractivity contribution in [2.75, 3.05) is 26.7 Å². The average Bonchev–Trinajstić information content (AvgIpc) is 2.84. The monoisotopic (exact) mass is 509 g/mol. The number of nitrogens with zero attached hydrogens (tertiary/aromatic N) is 1. The number of allylic oxidation sites excluding steroid dienone is 1. The fraction of sp³-hybridized carbons (Fsp3) is 0.871. The van der Waals surface area contributed by atoms with Gasteiger partial charge >= 0.3 is 11.9 Å². The van der Waals surface area contributed by atoms with Crippen LogP contribution in [-0.4, -0.2) is 49.7 Å². The molecule has 0 aliphatic heterocycles. The van der Waals surface area contributed by atoms with E-state index in [4.69, 9.17) is 9.47 Å². The van der Waals surface area contributed by atoms with Crippen molar-refractivity contribution >= 4 is 11.9 Å². The summed E-state index contributed by atoms with van der Waals surface area (Å²) in [7, 11) is 1.77. The summed E-state index contributed by atoms with van der Waals surface area (Å²) in [6.45, 7) is 7.19. The molecule has 5 nitrogen and oxygen atoms in total. The van der Waals surface area contributed by atoms with E-state index in [2.05, 4.69) is 26.8 Å². The largest absolute Gasteiger partial charge is 0.461 e. The first kappa shape index (κ1) is 34.6. The van der Waals surface area contributed by atoms with Gasteiger partial charge in [-0.3, -0.25) is 14.5 Å². The van der Waals surface area contributed by atoms with Crippen LogP contribution in [0.4, 0.5) is 0 Å². The summed E-state index contributed by atoms with van der Waals surface area (Å²) >= 11 is 0. The van der Waals surface area contributed by atoms with Crippen LogP contribution in [0.25, 0.3) is 0 Å². The molecule has 0 aromatic heterocycles. The van der Waals surface area contributed by atoms with E-state index in [1.54, 1.807) is 11.9 Å². The molecule has 0 rings (SSSR count). The van der Waals surface area contributed by atoms with Gasteiger partial charge in [-0.1, -0.05) is 116 Å². The van der Waals surface area contributed by atoms with Crippen molar-refractivity contribution < 1.29 is 19.1 Å². The number of carbonyl (C=O) groups excluding carboxylic acids is 2. The smallest absolute Gasteiger partial charge is 0.320 e. The summed E-state index contributed by atoms with van der Waals surface area (Å²) in [6.07, 6.45) is 26.8. The number of hydrogen-bond donors (Lipinski definition) is 0. The fourth-order valence-electron chi connectivity index (χ4n) is 4.35. The summed E-state index contributed by atoms with van der Waals surface area (Å²) in [5.74, 6) is -0.545. The van der Waals surface area contributed by atoms with E-state index in [9.17, 15) is 9.59 Å². The van der Waals surface area contributed by atoms with Crippen molar-refractivity contribution in [2.45, 2.75) is 149 Å². The summed E-state index contributed by atoms with van der Waals surface area (Å²) in [5.41, 5.74) is 0. The van der Waals surface area contributed by atoms with E-state index in [-0.39, 0.29) is 31.1 Å². The average molecular weight is 510 g/mol. The van der Waals surface area contributed by atoms with Crippen molar-refractivity contribution in [3.05, 3.63) is 12.2 Å². The topological polar surface area (TPSA) is 55.8 Å². The molecule has 0 aliphatic carbocycles. The molecule has 0 unspecified atom stereocenters. The SMILES string of the molecule is CCCCCC/C=C\COC(=O)CN(C)CC(=O)OC(CCCCCCCC)CCCCCCCC. The summed E-state index contributed by atoms with van der Waals surface area (Å²) < 4.78 is 11.1. The van der Waals surface area contributed by atoms with Crippen LogP contribution in [0.3, 0.4) is 0 Å². The van der Waals surface area contributed by atoms with Gasteiger partial charge in [0, 0.05) is 0 Å². The van der Waals surface area contributed by atoms with E-state index in [0.29, 0.717) is 6.61 Å². The zero-order valence-corrected chi connectivity index (χ0v) is 24.4. The van der Waals surface area contributed by atoms with Crippen LogP contribution in [0.5, 0.6) is 0 Å². The molecule has 0 fully saturated rings. The van der Waals surface area contributed by atoms with E-state index in [1.165, 1.54) is 89.9 Å². The minimum absolute atomic E-state index is 0.00216. The predicted octanol–water partition coefficient (Wildman–Crippen LogP) is 8.40. The normalized spacial score (nSPS) is 11.6. The molecule has 0 aliphatic rings. The number of unbranched alkanes of at least 4 members (excludes halogenated alkanes) is 14. The van der Waals surface area contributed by atoms with E-state index >= 15 is 0 Å². The van der Waals surface area contributed by atoms with Gasteiger partial charge in [0.2, 0.25) is 0 Å². The first-order valence-electron chi connectivity index (χ1n) is 15.2. The highest BCUT2D eigenvalue weighted by molar-refractivity contribution is 5.75. The second-order valence-electron chi connectivity index (χ2n) is 10.4. The molecule has 0 atom stereocenters. The number of hydrogen-bond acceptors (Lipinski definition) is 5. The minimum atomic E-state index is -0.309. The van der Waals surface area contributed by atoms with Gasteiger partial charge in [-0.2, -0.15) is 0 Å². The quantitative estimate of drug-likeness (QED) is 0.0665. The van der Waals surface area contributed by atoms with Crippen LogP contribution >= 0.6 is 0 Å². The third-order valence-electron chi connectivity index (χ3n) is 6.59. The van der Waals surface area contributed by atoms with Gasteiger partial charge in [0.1, 0.15) is 12.7 Å². The van der Waals surface area contributed by atoms with Gasteiger partial charge in [0.15, 0.2) is 0 Å². The van der Waals surface area contributed by atoms with Crippen LogP contribution in [0.15, 0.2) is 12.2 Å². The van der Waals surface area contributed by atoms with Crippen molar-refractivity contribution in [1.82, 2.24) is 4.90 Å². The Morgan fingerprint density at radius 1 is 0.639 bits per heavy atom. The van der Waals surface area contributed by atoms with Crippen molar-refractivity contribution in [3.63, 3.8) is 0 Å². The highest BCUT2D eigenvalue weighted by Gasteiger charge is 2.17. The Hall–Kier alpha value is -1.36. The molecule has 0 spiro atoms. The van der Waals surface area contributed by atoms with Crippen LogP contribution in [0, 0.1) is 0 Å². The number of rotatable bonds is 26. The van der Waals surface area contributed by atoms with Crippen LogP contribution in [-0.2, 0) is 19.1 Å².